The summed E-state index contributed by atoms with van der Waals surface area (Å²) < 4.78 is 11.7. The zero-order valence-electron chi connectivity index (χ0n) is 10.2. The number of thiophene rings is 1. The second-order valence-electron chi connectivity index (χ2n) is 4.22. The number of rotatable bonds is 2. The van der Waals surface area contributed by atoms with Gasteiger partial charge in [-0.15, -0.1) is 11.3 Å². The van der Waals surface area contributed by atoms with Gasteiger partial charge in [0.05, 0.1) is 4.88 Å². The van der Waals surface area contributed by atoms with Gasteiger partial charge in [0.15, 0.2) is 11.5 Å². The summed E-state index contributed by atoms with van der Waals surface area (Å²) in [7, 11) is 0. The number of carbonyl (C=O) groups is 1. The number of carbonyl (C=O) groups excluding carboxylic acids is 1. The van der Waals surface area contributed by atoms with Crippen LogP contribution in [0.2, 0.25) is 0 Å². The van der Waals surface area contributed by atoms with Crippen molar-refractivity contribution in [2.45, 2.75) is 6.92 Å². The van der Waals surface area contributed by atoms with Gasteiger partial charge in [0.2, 0.25) is 5.78 Å². The Kier molecular flexibility index (Phi) is 3.33. The maximum Gasteiger partial charge on any atom is 0.204 e. The van der Waals surface area contributed by atoms with E-state index in [1.807, 2.05) is 19.1 Å². The Morgan fingerprint density at radius 2 is 1.89 bits per heavy atom. The summed E-state index contributed by atoms with van der Waals surface area (Å²) >= 11 is 4.92. The number of benzene rings is 1. The van der Waals surface area contributed by atoms with Crippen LogP contribution < -0.4 is 9.47 Å². The number of hydrogen-bond donors (Lipinski definition) is 0. The first-order valence-corrected chi connectivity index (χ1v) is 7.46. The molecule has 0 unspecified atom stereocenters. The predicted octanol–water partition coefficient (Wildman–Crippen LogP) is 3.82. The van der Waals surface area contributed by atoms with Crippen LogP contribution in [0.3, 0.4) is 0 Å². The standard InChI is InChI=1S/C14H11BrO3S/c1-8-2-3-13(19-8)14(16)9-6-11-12(7-10(9)15)18-5-4-17-11/h2-3,6-7H,4-5H2,1H3. The lowest BCUT2D eigenvalue weighted by Crippen LogP contribution is -2.16. The number of ketones is 1. The third kappa shape index (κ3) is 2.40. The zero-order chi connectivity index (χ0) is 13.4. The van der Waals surface area contributed by atoms with Gasteiger partial charge in [0.25, 0.3) is 0 Å². The lowest BCUT2D eigenvalue weighted by Gasteiger charge is -2.19. The second-order valence-corrected chi connectivity index (χ2v) is 6.36. The van der Waals surface area contributed by atoms with E-state index in [4.69, 9.17) is 9.47 Å². The van der Waals surface area contributed by atoms with Crippen molar-refractivity contribution in [3.63, 3.8) is 0 Å². The quantitative estimate of drug-likeness (QED) is 0.781. The molecule has 3 nitrogen and oxygen atoms in total. The molecule has 98 valence electrons. The van der Waals surface area contributed by atoms with Crippen LogP contribution in [-0.2, 0) is 0 Å². The first kappa shape index (κ1) is 12.7. The van der Waals surface area contributed by atoms with Crippen molar-refractivity contribution in [2.24, 2.45) is 0 Å². The van der Waals surface area contributed by atoms with E-state index in [0.29, 0.717) is 30.3 Å². The molecule has 1 aliphatic rings. The van der Waals surface area contributed by atoms with Crippen molar-refractivity contribution < 1.29 is 14.3 Å². The minimum Gasteiger partial charge on any atom is -0.486 e. The molecule has 0 bridgehead atoms. The summed E-state index contributed by atoms with van der Waals surface area (Å²) in [6.07, 6.45) is 0. The van der Waals surface area contributed by atoms with Crippen molar-refractivity contribution in [2.75, 3.05) is 13.2 Å². The van der Waals surface area contributed by atoms with Gasteiger partial charge in [0, 0.05) is 14.9 Å². The molecular weight excluding hydrogens is 328 g/mol. The number of ether oxygens (including phenoxy) is 2. The highest BCUT2D eigenvalue weighted by molar-refractivity contribution is 9.10. The van der Waals surface area contributed by atoms with E-state index in [1.165, 1.54) is 11.3 Å². The van der Waals surface area contributed by atoms with Crippen molar-refractivity contribution in [3.05, 3.63) is 44.1 Å². The van der Waals surface area contributed by atoms with Crippen molar-refractivity contribution in [3.8, 4) is 11.5 Å². The van der Waals surface area contributed by atoms with Gasteiger partial charge in [-0.1, -0.05) is 0 Å². The zero-order valence-corrected chi connectivity index (χ0v) is 12.6. The molecule has 5 heteroatoms. The normalized spacial score (nSPS) is 13.4. The molecule has 1 aromatic carbocycles. The van der Waals surface area contributed by atoms with Gasteiger partial charge >= 0.3 is 0 Å². The SMILES string of the molecule is Cc1ccc(C(=O)c2cc3c(cc2Br)OCCO3)s1. The number of halogens is 1. The van der Waals surface area contributed by atoms with Gasteiger partial charge in [-0.25, -0.2) is 0 Å². The Balaban J connectivity index is 2.03. The number of aryl methyl sites for hydroxylation is 1. The van der Waals surface area contributed by atoms with Gasteiger partial charge in [-0.3, -0.25) is 4.79 Å². The monoisotopic (exact) mass is 338 g/mol. The lowest BCUT2D eigenvalue weighted by molar-refractivity contribution is 0.104. The minimum absolute atomic E-state index is 0.00180. The molecule has 0 spiro atoms. The Morgan fingerprint density at radius 1 is 1.21 bits per heavy atom. The molecule has 0 atom stereocenters. The van der Waals surface area contributed by atoms with Gasteiger partial charge in [-0.05, 0) is 47.1 Å². The van der Waals surface area contributed by atoms with Crippen molar-refractivity contribution in [1.29, 1.82) is 0 Å². The van der Waals surface area contributed by atoms with E-state index in [0.717, 1.165) is 14.2 Å². The van der Waals surface area contributed by atoms with Crippen LogP contribution in [0.1, 0.15) is 20.1 Å². The van der Waals surface area contributed by atoms with E-state index in [9.17, 15) is 4.79 Å². The summed E-state index contributed by atoms with van der Waals surface area (Å²) in [5.74, 6) is 1.31. The van der Waals surface area contributed by atoms with Crippen LogP contribution in [0, 0.1) is 6.92 Å². The molecule has 19 heavy (non-hydrogen) atoms. The maximum atomic E-state index is 12.5. The maximum absolute atomic E-state index is 12.5. The van der Waals surface area contributed by atoms with Crippen molar-refractivity contribution in [1.82, 2.24) is 0 Å². The van der Waals surface area contributed by atoms with E-state index in [2.05, 4.69) is 15.9 Å². The number of fused-ring (bicyclic) bond motifs is 1. The molecule has 0 saturated heterocycles. The van der Waals surface area contributed by atoms with Gasteiger partial charge < -0.3 is 9.47 Å². The van der Waals surface area contributed by atoms with Crippen LogP contribution in [0.5, 0.6) is 11.5 Å². The average Bonchev–Trinajstić information content (AvgIpc) is 2.84. The largest absolute Gasteiger partial charge is 0.486 e. The highest BCUT2D eigenvalue weighted by Crippen LogP contribution is 2.36. The Labute approximate surface area is 123 Å². The molecule has 0 radical (unpaired) electrons. The van der Waals surface area contributed by atoms with Crippen molar-refractivity contribution >= 4 is 33.0 Å². The smallest absolute Gasteiger partial charge is 0.204 e. The predicted molar refractivity (Wildman–Crippen MR) is 77.6 cm³/mol. The third-order valence-electron chi connectivity index (χ3n) is 2.84. The summed E-state index contributed by atoms with van der Waals surface area (Å²) in [4.78, 5) is 14.3. The molecule has 0 aliphatic carbocycles. The first-order chi connectivity index (χ1) is 9.15. The molecule has 0 amide bonds. The Hall–Kier alpha value is -1.33. The van der Waals surface area contributed by atoms with Gasteiger partial charge in [-0.2, -0.15) is 0 Å². The van der Waals surface area contributed by atoms with Crippen LogP contribution in [0.15, 0.2) is 28.7 Å². The molecule has 1 aromatic heterocycles. The highest BCUT2D eigenvalue weighted by Gasteiger charge is 2.20. The molecule has 2 aromatic rings. The molecule has 0 saturated carbocycles. The topological polar surface area (TPSA) is 35.5 Å². The highest BCUT2D eigenvalue weighted by atomic mass is 79.9. The minimum atomic E-state index is 0.00180. The van der Waals surface area contributed by atoms with E-state index in [1.54, 1.807) is 12.1 Å². The third-order valence-corrected chi connectivity index (χ3v) is 4.50. The van der Waals surface area contributed by atoms with E-state index in [-0.39, 0.29) is 5.78 Å². The molecule has 0 fully saturated rings. The molecule has 1 aliphatic heterocycles. The van der Waals surface area contributed by atoms with Gasteiger partial charge in [0.1, 0.15) is 13.2 Å². The Morgan fingerprint density at radius 3 is 2.53 bits per heavy atom. The molecule has 3 rings (SSSR count). The van der Waals surface area contributed by atoms with Crippen LogP contribution in [0.25, 0.3) is 0 Å². The van der Waals surface area contributed by atoms with E-state index < -0.39 is 0 Å². The summed E-state index contributed by atoms with van der Waals surface area (Å²) in [5, 5.41) is 0. The fourth-order valence-electron chi connectivity index (χ4n) is 1.93. The Bertz CT molecular complexity index is 648. The second kappa shape index (κ2) is 4.98. The van der Waals surface area contributed by atoms with E-state index >= 15 is 0 Å². The fraction of sp³-hybridized carbons (Fsp3) is 0.214. The summed E-state index contributed by atoms with van der Waals surface area (Å²) in [5.41, 5.74) is 0.603. The molecule has 0 N–H and O–H groups in total. The lowest BCUT2D eigenvalue weighted by atomic mass is 10.1. The summed E-state index contributed by atoms with van der Waals surface area (Å²) in [6, 6.07) is 7.34. The van der Waals surface area contributed by atoms with Crippen LogP contribution in [-0.4, -0.2) is 19.0 Å². The first-order valence-electron chi connectivity index (χ1n) is 5.85. The fourth-order valence-corrected chi connectivity index (χ4v) is 3.25. The molecular formula is C14H11BrO3S. The average molecular weight is 339 g/mol. The summed E-state index contributed by atoms with van der Waals surface area (Å²) in [6.45, 7) is 3.04. The van der Waals surface area contributed by atoms with Crippen LogP contribution >= 0.6 is 27.3 Å². The van der Waals surface area contributed by atoms with Crippen LogP contribution in [0.4, 0.5) is 0 Å². The number of hydrogen-bond acceptors (Lipinski definition) is 4. The molecule has 2 heterocycles.